The van der Waals surface area contributed by atoms with Gasteiger partial charge in [-0.3, -0.25) is 9.59 Å². The van der Waals surface area contributed by atoms with Crippen molar-refractivity contribution < 1.29 is 14.3 Å². The van der Waals surface area contributed by atoms with Crippen LogP contribution in [0.1, 0.15) is 25.5 Å². The molecule has 3 N–H and O–H groups in total. The molecule has 1 fully saturated rings. The van der Waals surface area contributed by atoms with Gasteiger partial charge in [-0.1, -0.05) is 13.0 Å². The molecule has 1 saturated heterocycles. The molecule has 2 amide bonds. The smallest absolute Gasteiger partial charge is 0.262 e. The van der Waals surface area contributed by atoms with Crippen molar-refractivity contribution in [2.24, 2.45) is 11.8 Å². The summed E-state index contributed by atoms with van der Waals surface area (Å²) in [5.74, 6) is 0.994. The summed E-state index contributed by atoms with van der Waals surface area (Å²) >= 11 is 0. The Kier molecular flexibility index (Phi) is 4.02. The van der Waals surface area contributed by atoms with Crippen molar-refractivity contribution in [3.8, 4) is 5.75 Å². The zero-order chi connectivity index (χ0) is 15.7. The van der Waals surface area contributed by atoms with Gasteiger partial charge in [0.05, 0.1) is 11.7 Å². The summed E-state index contributed by atoms with van der Waals surface area (Å²) < 4.78 is 5.34. The van der Waals surface area contributed by atoms with Crippen LogP contribution in [0.4, 0.5) is 5.69 Å². The fraction of sp³-hybridized carbons (Fsp3) is 0.500. The van der Waals surface area contributed by atoms with Crippen molar-refractivity contribution in [3.05, 3.63) is 23.8 Å². The second kappa shape index (κ2) is 5.96. The van der Waals surface area contributed by atoms with Gasteiger partial charge in [-0.15, -0.1) is 0 Å². The molecule has 2 unspecified atom stereocenters. The fourth-order valence-corrected chi connectivity index (χ4v) is 2.68. The highest BCUT2D eigenvalue weighted by Crippen LogP contribution is 2.30. The zero-order valence-corrected chi connectivity index (χ0v) is 12.8. The van der Waals surface area contributed by atoms with E-state index in [1.165, 1.54) is 0 Å². The number of rotatable bonds is 4. The van der Waals surface area contributed by atoms with E-state index in [0.717, 1.165) is 18.7 Å². The van der Waals surface area contributed by atoms with Crippen LogP contribution in [-0.4, -0.2) is 31.5 Å². The number of benzene rings is 1. The minimum absolute atomic E-state index is 0.00404. The Morgan fingerprint density at radius 3 is 2.82 bits per heavy atom. The van der Waals surface area contributed by atoms with E-state index in [1.54, 1.807) is 0 Å². The maximum atomic E-state index is 12.3. The van der Waals surface area contributed by atoms with Crippen molar-refractivity contribution in [1.29, 1.82) is 0 Å². The van der Waals surface area contributed by atoms with Crippen LogP contribution in [0.15, 0.2) is 18.2 Å². The Morgan fingerprint density at radius 2 is 2.14 bits per heavy atom. The monoisotopic (exact) mass is 303 g/mol. The number of fused-ring (bicyclic) bond motifs is 1. The molecule has 2 atom stereocenters. The van der Waals surface area contributed by atoms with E-state index in [2.05, 4.69) is 16.0 Å². The van der Waals surface area contributed by atoms with Gasteiger partial charge in [-0.05, 0) is 43.6 Å². The Morgan fingerprint density at radius 1 is 1.36 bits per heavy atom. The van der Waals surface area contributed by atoms with E-state index in [4.69, 9.17) is 4.74 Å². The fourth-order valence-electron chi connectivity index (χ4n) is 2.68. The predicted octanol–water partition coefficient (Wildman–Crippen LogP) is 1.05. The lowest BCUT2D eigenvalue weighted by Gasteiger charge is -2.32. The molecule has 0 aromatic heterocycles. The Labute approximate surface area is 129 Å². The maximum Gasteiger partial charge on any atom is 0.262 e. The molecule has 1 aromatic rings. The van der Waals surface area contributed by atoms with Gasteiger partial charge in [-0.25, -0.2) is 0 Å². The molecule has 0 aliphatic carbocycles. The topological polar surface area (TPSA) is 79.5 Å². The van der Waals surface area contributed by atoms with Crippen molar-refractivity contribution in [2.45, 2.75) is 19.9 Å². The van der Waals surface area contributed by atoms with Gasteiger partial charge < -0.3 is 20.7 Å². The standard InChI is InChI=1S/C16H21N3O3/c1-9(12-6-17-7-12)16(21)18-10(2)11-3-4-14-13(5-11)19-15(20)8-22-14/h3-5,9-10,12,17H,6-8H2,1-2H3,(H,18,21)(H,19,20). The lowest BCUT2D eigenvalue weighted by atomic mass is 9.88. The normalized spacial score (nSPS) is 20.0. The van der Waals surface area contributed by atoms with Crippen LogP contribution in [0.25, 0.3) is 0 Å². The second-order valence-electron chi connectivity index (χ2n) is 6.03. The summed E-state index contributed by atoms with van der Waals surface area (Å²) in [4.78, 5) is 23.6. The number of anilines is 1. The Balaban J connectivity index is 1.67. The molecule has 6 heteroatoms. The number of hydrogen-bond acceptors (Lipinski definition) is 4. The van der Waals surface area contributed by atoms with Gasteiger partial charge in [0.1, 0.15) is 5.75 Å². The van der Waals surface area contributed by atoms with Crippen LogP contribution < -0.4 is 20.7 Å². The minimum Gasteiger partial charge on any atom is -0.482 e. The van der Waals surface area contributed by atoms with Crippen molar-refractivity contribution in [3.63, 3.8) is 0 Å². The largest absolute Gasteiger partial charge is 0.482 e. The molecular formula is C16H21N3O3. The highest BCUT2D eigenvalue weighted by Gasteiger charge is 2.29. The molecule has 6 nitrogen and oxygen atoms in total. The molecule has 118 valence electrons. The summed E-state index contributed by atoms with van der Waals surface area (Å²) in [6.07, 6.45) is 0. The van der Waals surface area contributed by atoms with E-state index in [-0.39, 0.29) is 30.4 Å². The first kappa shape index (κ1) is 14.8. The van der Waals surface area contributed by atoms with Gasteiger partial charge in [0.15, 0.2) is 6.61 Å². The molecule has 2 heterocycles. The third-order valence-corrected chi connectivity index (χ3v) is 4.43. The van der Waals surface area contributed by atoms with Crippen LogP contribution in [0.3, 0.4) is 0 Å². The number of carbonyl (C=O) groups excluding carboxylic acids is 2. The van der Waals surface area contributed by atoms with Crippen LogP contribution in [-0.2, 0) is 9.59 Å². The summed E-state index contributed by atoms with van der Waals surface area (Å²) in [5, 5.41) is 9.01. The summed E-state index contributed by atoms with van der Waals surface area (Å²) in [6, 6.07) is 5.47. The molecule has 2 aliphatic rings. The van der Waals surface area contributed by atoms with E-state index < -0.39 is 0 Å². The number of nitrogens with one attached hydrogen (secondary N) is 3. The molecule has 1 aromatic carbocycles. The Bertz CT molecular complexity index is 598. The molecule has 0 radical (unpaired) electrons. The van der Waals surface area contributed by atoms with Crippen LogP contribution in [0.2, 0.25) is 0 Å². The maximum absolute atomic E-state index is 12.3. The number of ether oxygens (including phenoxy) is 1. The van der Waals surface area contributed by atoms with Crippen LogP contribution in [0.5, 0.6) is 5.75 Å². The molecule has 3 rings (SSSR count). The molecule has 0 bridgehead atoms. The van der Waals surface area contributed by atoms with Gasteiger partial charge in [0.25, 0.3) is 5.91 Å². The Hall–Kier alpha value is -2.08. The van der Waals surface area contributed by atoms with E-state index in [9.17, 15) is 9.59 Å². The quantitative estimate of drug-likeness (QED) is 0.777. The number of carbonyl (C=O) groups is 2. The first-order valence-electron chi connectivity index (χ1n) is 7.62. The number of amides is 2. The van der Waals surface area contributed by atoms with Gasteiger partial charge in [-0.2, -0.15) is 0 Å². The van der Waals surface area contributed by atoms with Gasteiger partial charge in [0.2, 0.25) is 5.91 Å². The van der Waals surface area contributed by atoms with E-state index in [1.807, 2.05) is 32.0 Å². The lowest BCUT2D eigenvalue weighted by Crippen LogP contribution is -2.49. The highest BCUT2D eigenvalue weighted by molar-refractivity contribution is 5.95. The van der Waals surface area contributed by atoms with E-state index in [0.29, 0.717) is 17.4 Å². The molecular weight excluding hydrogens is 282 g/mol. The van der Waals surface area contributed by atoms with Crippen molar-refractivity contribution in [2.75, 3.05) is 25.0 Å². The second-order valence-corrected chi connectivity index (χ2v) is 6.03. The van der Waals surface area contributed by atoms with Crippen LogP contribution >= 0.6 is 0 Å². The van der Waals surface area contributed by atoms with Gasteiger partial charge in [0, 0.05) is 5.92 Å². The minimum atomic E-state index is -0.160. The first-order valence-corrected chi connectivity index (χ1v) is 7.62. The molecule has 0 spiro atoms. The van der Waals surface area contributed by atoms with Gasteiger partial charge >= 0.3 is 0 Å². The predicted molar refractivity (Wildman–Crippen MR) is 82.6 cm³/mol. The molecule has 22 heavy (non-hydrogen) atoms. The SMILES string of the molecule is CC(NC(=O)C(C)C1CNC1)c1ccc2c(c1)NC(=O)CO2. The van der Waals surface area contributed by atoms with E-state index >= 15 is 0 Å². The van der Waals surface area contributed by atoms with Crippen LogP contribution in [0, 0.1) is 11.8 Å². The van der Waals surface area contributed by atoms with Crippen molar-refractivity contribution in [1.82, 2.24) is 10.6 Å². The zero-order valence-electron chi connectivity index (χ0n) is 12.8. The third-order valence-electron chi connectivity index (χ3n) is 4.43. The summed E-state index contributed by atoms with van der Waals surface area (Å²) in [5.41, 5.74) is 1.60. The van der Waals surface area contributed by atoms with Crippen molar-refractivity contribution >= 4 is 17.5 Å². The summed E-state index contributed by atoms with van der Waals surface area (Å²) in [6.45, 7) is 5.77. The number of hydrogen-bond donors (Lipinski definition) is 3. The summed E-state index contributed by atoms with van der Waals surface area (Å²) in [7, 11) is 0. The lowest BCUT2D eigenvalue weighted by molar-refractivity contribution is -0.127. The third kappa shape index (κ3) is 2.92. The molecule has 0 saturated carbocycles. The average molecular weight is 303 g/mol. The molecule has 2 aliphatic heterocycles. The highest BCUT2D eigenvalue weighted by atomic mass is 16.5. The average Bonchev–Trinajstić information content (AvgIpc) is 2.44. The first-order chi connectivity index (χ1) is 10.5.